The van der Waals surface area contributed by atoms with E-state index in [-0.39, 0.29) is 5.97 Å². The second kappa shape index (κ2) is 5.01. The van der Waals surface area contributed by atoms with Gasteiger partial charge in [-0.05, 0) is 11.1 Å². The Kier molecular flexibility index (Phi) is 3.30. The molecular formula is C18H18O3. The van der Waals surface area contributed by atoms with Gasteiger partial charge in [0, 0.05) is 20.3 Å². The highest BCUT2D eigenvalue weighted by Crippen LogP contribution is 2.42. The Labute approximate surface area is 124 Å². The molecule has 108 valence electrons. The summed E-state index contributed by atoms with van der Waals surface area (Å²) in [6, 6.07) is 19.4. The van der Waals surface area contributed by atoms with Crippen molar-refractivity contribution in [2.45, 2.75) is 31.7 Å². The summed E-state index contributed by atoms with van der Waals surface area (Å²) in [5, 5.41) is 0. The van der Waals surface area contributed by atoms with Crippen molar-refractivity contribution in [1.82, 2.24) is 0 Å². The van der Waals surface area contributed by atoms with Crippen LogP contribution in [-0.2, 0) is 26.3 Å². The van der Waals surface area contributed by atoms with E-state index >= 15 is 0 Å². The van der Waals surface area contributed by atoms with Crippen molar-refractivity contribution in [3.8, 4) is 0 Å². The molecule has 1 unspecified atom stereocenters. The Morgan fingerprint density at radius 1 is 0.905 bits per heavy atom. The molecule has 0 bridgehead atoms. The molecule has 1 aliphatic rings. The number of rotatable bonds is 3. The maximum Gasteiger partial charge on any atom is 0.346 e. The minimum Gasteiger partial charge on any atom is -0.431 e. The summed E-state index contributed by atoms with van der Waals surface area (Å²) >= 11 is 0. The number of hydrogen-bond acceptors (Lipinski definition) is 3. The lowest BCUT2D eigenvalue weighted by atomic mass is 9.87. The molecule has 2 aromatic carbocycles. The average molecular weight is 282 g/mol. The molecule has 3 heteroatoms. The molecule has 1 aliphatic heterocycles. The number of carbonyl (C=O) groups excluding carboxylic acids is 1. The first-order valence-electron chi connectivity index (χ1n) is 7.05. The monoisotopic (exact) mass is 282 g/mol. The minimum absolute atomic E-state index is 0.331. The molecule has 1 fully saturated rings. The van der Waals surface area contributed by atoms with Crippen molar-refractivity contribution in [2.75, 3.05) is 0 Å². The van der Waals surface area contributed by atoms with Gasteiger partial charge in [-0.1, -0.05) is 60.7 Å². The highest BCUT2D eigenvalue weighted by Gasteiger charge is 2.55. The zero-order valence-corrected chi connectivity index (χ0v) is 12.2. The molecule has 0 radical (unpaired) electrons. The van der Waals surface area contributed by atoms with E-state index in [1.54, 1.807) is 13.8 Å². The zero-order chi connectivity index (χ0) is 14.9. The van der Waals surface area contributed by atoms with Crippen molar-refractivity contribution < 1.29 is 14.3 Å². The van der Waals surface area contributed by atoms with Crippen LogP contribution in [0, 0.1) is 0 Å². The maximum atomic E-state index is 12.6. The van der Waals surface area contributed by atoms with Crippen molar-refractivity contribution in [2.24, 2.45) is 0 Å². The van der Waals surface area contributed by atoms with Crippen LogP contribution in [0.4, 0.5) is 0 Å². The number of hydrogen-bond donors (Lipinski definition) is 0. The molecule has 0 aromatic heterocycles. The van der Waals surface area contributed by atoms with E-state index in [0.717, 1.165) is 11.1 Å². The van der Waals surface area contributed by atoms with Gasteiger partial charge < -0.3 is 9.47 Å². The van der Waals surface area contributed by atoms with Crippen LogP contribution in [0.3, 0.4) is 0 Å². The zero-order valence-electron chi connectivity index (χ0n) is 12.2. The first kappa shape index (κ1) is 13.8. The third-order valence-electron chi connectivity index (χ3n) is 3.62. The largest absolute Gasteiger partial charge is 0.431 e. The number of carbonyl (C=O) groups is 1. The van der Waals surface area contributed by atoms with E-state index in [4.69, 9.17) is 9.47 Å². The van der Waals surface area contributed by atoms with E-state index < -0.39 is 11.4 Å². The standard InChI is InChI=1S/C18H18O3/c1-17(2)20-16(19)18(21-17,15-11-7-4-8-12-15)13-14-9-5-3-6-10-14/h3-12H,13H2,1-2H3. The lowest BCUT2D eigenvalue weighted by Gasteiger charge is -2.27. The summed E-state index contributed by atoms with van der Waals surface area (Å²) in [5.41, 5.74) is 0.784. The van der Waals surface area contributed by atoms with E-state index in [2.05, 4.69) is 0 Å². The summed E-state index contributed by atoms with van der Waals surface area (Å²) in [6.07, 6.45) is 0.458. The van der Waals surface area contributed by atoms with Gasteiger partial charge in [-0.2, -0.15) is 0 Å². The van der Waals surface area contributed by atoms with Crippen LogP contribution in [0.15, 0.2) is 60.7 Å². The number of cyclic esters (lactones) is 1. The normalized spacial score (nSPS) is 23.8. The molecule has 0 aliphatic carbocycles. The molecule has 0 N–H and O–H groups in total. The topological polar surface area (TPSA) is 35.5 Å². The molecule has 0 amide bonds. The molecule has 2 aromatic rings. The van der Waals surface area contributed by atoms with E-state index in [1.165, 1.54) is 0 Å². The van der Waals surface area contributed by atoms with Crippen LogP contribution in [0.2, 0.25) is 0 Å². The van der Waals surface area contributed by atoms with Gasteiger partial charge in [0.15, 0.2) is 5.60 Å². The predicted octanol–water partition coefficient (Wildman–Crippen LogP) is 3.43. The van der Waals surface area contributed by atoms with Crippen LogP contribution >= 0.6 is 0 Å². The summed E-state index contributed by atoms with van der Waals surface area (Å²) in [6.45, 7) is 3.53. The Morgan fingerprint density at radius 2 is 1.48 bits per heavy atom. The number of ether oxygens (including phenoxy) is 2. The SMILES string of the molecule is CC1(C)OC(=O)C(Cc2ccccc2)(c2ccccc2)O1. The third kappa shape index (κ3) is 2.57. The summed E-state index contributed by atoms with van der Waals surface area (Å²) in [7, 11) is 0. The molecule has 21 heavy (non-hydrogen) atoms. The Bertz CT molecular complexity index is 634. The molecule has 3 nitrogen and oxygen atoms in total. The third-order valence-corrected chi connectivity index (χ3v) is 3.62. The van der Waals surface area contributed by atoms with E-state index in [0.29, 0.717) is 6.42 Å². The predicted molar refractivity (Wildman–Crippen MR) is 79.5 cm³/mol. The van der Waals surface area contributed by atoms with Gasteiger partial charge in [-0.25, -0.2) is 4.79 Å². The minimum atomic E-state index is -1.08. The number of esters is 1. The van der Waals surface area contributed by atoms with Crippen molar-refractivity contribution in [1.29, 1.82) is 0 Å². The fraction of sp³-hybridized carbons (Fsp3) is 0.278. The van der Waals surface area contributed by atoms with Crippen LogP contribution in [0.25, 0.3) is 0 Å². The maximum absolute atomic E-state index is 12.6. The first-order chi connectivity index (χ1) is 10.0. The molecule has 1 heterocycles. The van der Waals surface area contributed by atoms with E-state index in [1.807, 2.05) is 60.7 Å². The summed E-state index contributed by atoms with van der Waals surface area (Å²) < 4.78 is 11.5. The number of benzene rings is 2. The molecule has 0 saturated carbocycles. The van der Waals surface area contributed by atoms with Gasteiger partial charge in [0.25, 0.3) is 0 Å². The summed E-state index contributed by atoms with van der Waals surface area (Å²) in [5.74, 6) is -1.25. The molecule has 3 rings (SSSR count). The fourth-order valence-electron chi connectivity index (χ4n) is 2.77. The van der Waals surface area contributed by atoms with Crippen LogP contribution in [-0.4, -0.2) is 11.8 Å². The fourth-order valence-corrected chi connectivity index (χ4v) is 2.77. The Hall–Kier alpha value is -2.13. The Morgan fingerprint density at radius 3 is 2.00 bits per heavy atom. The second-order valence-electron chi connectivity index (χ2n) is 5.75. The summed E-state index contributed by atoms with van der Waals surface area (Å²) in [4.78, 5) is 12.6. The average Bonchev–Trinajstić information content (AvgIpc) is 2.71. The van der Waals surface area contributed by atoms with Crippen LogP contribution < -0.4 is 0 Å². The van der Waals surface area contributed by atoms with Gasteiger partial charge >= 0.3 is 5.97 Å². The second-order valence-corrected chi connectivity index (χ2v) is 5.75. The molecular weight excluding hydrogens is 264 g/mol. The van der Waals surface area contributed by atoms with Crippen molar-refractivity contribution in [3.63, 3.8) is 0 Å². The van der Waals surface area contributed by atoms with E-state index in [9.17, 15) is 4.79 Å². The van der Waals surface area contributed by atoms with Crippen LogP contribution in [0.5, 0.6) is 0 Å². The lowest BCUT2D eigenvalue weighted by Crippen LogP contribution is -2.37. The quantitative estimate of drug-likeness (QED) is 0.809. The smallest absolute Gasteiger partial charge is 0.346 e. The Balaban J connectivity index is 2.06. The van der Waals surface area contributed by atoms with Gasteiger partial charge in [0.05, 0.1) is 0 Å². The highest BCUT2D eigenvalue weighted by molar-refractivity contribution is 5.83. The molecule has 1 atom stereocenters. The van der Waals surface area contributed by atoms with Crippen molar-refractivity contribution >= 4 is 5.97 Å². The van der Waals surface area contributed by atoms with Gasteiger partial charge in [0.2, 0.25) is 5.79 Å². The van der Waals surface area contributed by atoms with Crippen molar-refractivity contribution in [3.05, 3.63) is 71.8 Å². The lowest BCUT2D eigenvalue weighted by molar-refractivity contribution is -0.167. The van der Waals surface area contributed by atoms with Gasteiger partial charge in [0.1, 0.15) is 0 Å². The first-order valence-corrected chi connectivity index (χ1v) is 7.05. The van der Waals surface area contributed by atoms with Gasteiger partial charge in [-0.15, -0.1) is 0 Å². The van der Waals surface area contributed by atoms with Crippen LogP contribution in [0.1, 0.15) is 25.0 Å². The molecule has 1 saturated heterocycles. The highest BCUT2D eigenvalue weighted by atomic mass is 16.8. The van der Waals surface area contributed by atoms with Gasteiger partial charge in [-0.3, -0.25) is 0 Å². The molecule has 0 spiro atoms.